The molecule has 2 heterocycles. The van der Waals surface area contributed by atoms with Crippen LogP contribution in [0, 0.1) is 13.8 Å². The monoisotopic (exact) mass is 248 g/mol. The summed E-state index contributed by atoms with van der Waals surface area (Å²) in [5.41, 5.74) is 2.08. The second-order valence-electron chi connectivity index (χ2n) is 4.74. The molecule has 2 aromatic rings. The molecule has 0 aliphatic carbocycles. The van der Waals surface area contributed by atoms with Crippen LogP contribution in [0.4, 0.5) is 0 Å². The van der Waals surface area contributed by atoms with Crippen LogP contribution < -0.4 is 5.32 Å². The normalized spacial score (nSPS) is 14.7. The zero-order valence-corrected chi connectivity index (χ0v) is 11.6. The molecule has 5 nitrogen and oxygen atoms in total. The Morgan fingerprint density at radius 1 is 1.28 bits per heavy atom. The molecule has 0 aromatic carbocycles. The Morgan fingerprint density at radius 2 is 2.00 bits per heavy atom. The number of aromatic nitrogens is 3. The maximum Gasteiger partial charge on any atom is 0.138 e. The molecule has 0 saturated heterocycles. The first-order valence-electron chi connectivity index (χ1n) is 6.16. The second-order valence-corrected chi connectivity index (χ2v) is 4.74. The largest absolute Gasteiger partial charge is 0.361 e. The fourth-order valence-electron chi connectivity index (χ4n) is 2.44. The first-order valence-corrected chi connectivity index (χ1v) is 6.16. The molecule has 0 radical (unpaired) electrons. The van der Waals surface area contributed by atoms with Gasteiger partial charge < -0.3 is 14.4 Å². The van der Waals surface area contributed by atoms with Crippen LogP contribution in [0.15, 0.2) is 16.9 Å². The van der Waals surface area contributed by atoms with E-state index in [0.29, 0.717) is 0 Å². The average molecular weight is 248 g/mol. The lowest BCUT2D eigenvalue weighted by Gasteiger charge is -2.19. The second kappa shape index (κ2) is 4.94. The summed E-state index contributed by atoms with van der Waals surface area (Å²) in [6, 6.07) is 0.358. The first kappa shape index (κ1) is 12.8. The van der Waals surface area contributed by atoms with Crippen molar-refractivity contribution in [3.63, 3.8) is 0 Å². The van der Waals surface area contributed by atoms with E-state index in [4.69, 9.17) is 4.52 Å². The van der Waals surface area contributed by atoms with Gasteiger partial charge in [-0.25, -0.2) is 4.98 Å². The molecule has 2 rings (SSSR count). The van der Waals surface area contributed by atoms with Crippen molar-refractivity contribution in [3.05, 3.63) is 35.2 Å². The van der Waals surface area contributed by atoms with E-state index < -0.39 is 0 Å². The van der Waals surface area contributed by atoms with Crippen molar-refractivity contribution in [1.29, 1.82) is 0 Å². The van der Waals surface area contributed by atoms with Gasteiger partial charge in [0, 0.05) is 31.0 Å². The number of hydrogen-bond donors (Lipinski definition) is 1. The molecule has 2 unspecified atom stereocenters. The molecule has 0 aliphatic heterocycles. The number of imidazole rings is 1. The van der Waals surface area contributed by atoms with E-state index >= 15 is 0 Å². The lowest BCUT2D eigenvalue weighted by atomic mass is 10.1. The summed E-state index contributed by atoms with van der Waals surface area (Å²) in [4.78, 5) is 4.36. The van der Waals surface area contributed by atoms with E-state index in [1.54, 1.807) is 0 Å². The van der Waals surface area contributed by atoms with Crippen molar-refractivity contribution < 1.29 is 4.52 Å². The van der Waals surface area contributed by atoms with Crippen LogP contribution in [0.3, 0.4) is 0 Å². The van der Waals surface area contributed by atoms with Gasteiger partial charge in [-0.1, -0.05) is 5.16 Å². The highest BCUT2D eigenvalue weighted by Crippen LogP contribution is 2.23. The molecule has 2 atom stereocenters. The van der Waals surface area contributed by atoms with Gasteiger partial charge in [-0.2, -0.15) is 0 Å². The molecule has 0 spiro atoms. The van der Waals surface area contributed by atoms with Gasteiger partial charge in [0.15, 0.2) is 0 Å². The highest BCUT2D eigenvalue weighted by atomic mass is 16.5. The lowest BCUT2D eigenvalue weighted by Crippen LogP contribution is -2.25. The maximum absolute atomic E-state index is 5.20. The number of nitrogens with one attached hydrogen (secondary N) is 1. The van der Waals surface area contributed by atoms with Gasteiger partial charge >= 0.3 is 0 Å². The Balaban J connectivity index is 2.13. The lowest BCUT2D eigenvalue weighted by molar-refractivity contribution is 0.389. The third-order valence-corrected chi connectivity index (χ3v) is 3.27. The number of nitrogens with zero attached hydrogens (tertiary/aromatic N) is 3. The Hall–Kier alpha value is -1.62. The average Bonchev–Trinajstić information content (AvgIpc) is 2.85. The van der Waals surface area contributed by atoms with Gasteiger partial charge in [-0.05, 0) is 27.7 Å². The summed E-state index contributed by atoms with van der Waals surface area (Å²) in [6.07, 6.45) is 3.77. The molecule has 5 heteroatoms. The summed E-state index contributed by atoms with van der Waals surface area (Å²) < 4.78 is 7.23. The van der Waals surface area contributed by atoms with Gasteiger partial charge in [0.1, 0.15) is 11.6 Å². The molecule has 18 heavy (non-hydrogen) atoms. The minimum atomic E-state index is 0.175. The maximum atomic E-state index is 5.20. The summed E-state index contributed by atoms with van der Waals surface area (Å²) in [5.74, 6) is 1.90. The third kappa shape index (κ3) is 2.31. The van der Waals surface area contributed by atoms with E-state index in [0.717, 1.165) is 22.8 Å². The van der Waals surface area contributed by atoms with Crippen LogP contribution in [0.1, 0.15) is 48.8 Å². The minimum Gasteiger partial charge on any atom is -0.361 e. The third-order valence-electron chi connectivity index (χ3n) is 3.27. The Kier molecular flexibility index (Phi) is 3.52. The van der Waals surface area contributed by atoms with Gasteiger partial charge in [-0.15, -0.1) is 0 Å². The molecule has 2 aromatic heterocycles. The smallest absolute Gasteiger partial charge is 0.138 e. The zero-order chi connectivity index (χ0) is 13.3. The van der Waals surface area contributed by atoms with Gasteiger partial charge in [-0.3, -0.25) is 0 Å². The van der Waals surface area contributed by atoms with Gasteiger partial charge in [0.05, 0.1) is 11.7 Å². The summed E-state index contributed by atoms with van der Waals surface area (Å²) >= 11 is 0. The van der Waals surface area contributed by atoms with Crippen LogP contribution in [0.2, 0.25) is 0 Å². The fourth-order valence-corrected chi connectivity index (χ4v) is 2.44. The van der Waals surface area contributed by atoms with Crippen LogP contribution in [0.25, 0.3) is 0 Å². The molecular formula is C13H20N4O. The SMILES string of the molecule is Cc1noc(C)c1C(C)NC(C)c1nccn1C. The van der Waals surface area contributed by atoms with Crippen LogP contribution in [0.5, 0.6) is 0 Å². The predicted octanol–water partition coefficient (Wildman–Crippen LogP) is 2.44. The van der Waals surface area contributed by atoms with Crippen LogP contribution in [-0.2, 0) is 7.05 Å². The van der Waals surface area contributed by atoms with Crippen molar-refractivity contribution in [3.8, 4) is 0 Å². The van der Waals surface area contributed by atoms with Crippen molar-refractivity contribution in [1.82, 2.24) is 20.0 Å². The number of rotatable bonds is 4. The Labute approximate surface area is 107 Å². The number of hydrogen-bond acceptors (Lipinski definition) is 4. The molecular weight excluding hydrogens is 228 g/mol. The van der Waals surface area contributed by atoms with E-state index in [2.05, 4.69) is 29.3 Å². The van der Waals surface area contributed by atoms with Crippen molar-refractivity contribution in [2.75, 3.05) is 0 Å². The van der Waals surface area contributed by atoms with Crippen LogP contribution in [-0.4, -0.2) is 14.7 Å². The van der Waals surface area contributed by atoms with Crippen molar-refractivity contribution in [2.45, 2.75) is 39.8 Å². The molecule has 98 valence electrons. The molecule has 0 amide bonds. The fraction of sp³-hybridized carbons (Fsp3) is 0.538. The zero-order valence-electron chi connectivity index (χ0n) is 11.6. The summed E-state index contributed by atoms with van der Waals surface area (Å²) in [5, 5.41) is 7.51. The summed E-state index contributed by atoms with van der Waals surface area (Å²) in [7, 11) is 2.00. The van der Waals surface area contributed by atoms with E-state index in [1.165, 1.54) is 0 Å². The molecule has 1 N–H and O–H groups in total. The Bertz CT molecular complexity index is 509. The highest BCUT2D eigenvalue weighted by Gasteiger charge is 2.19. The van der Waals surface area contributed by atoms with Crippen molar-refractivity contribution in [2.24, 2.45) is 7.05 Å². The van der Waals surface area contributed by atoms with Crippen LogP contribution >= 0.6 is 0 Å². The van der Waals surface area contributed by atoms with E-state index in [1.807, 2.05) is 37.9 Å². The molecule has 0 fully saturated rings. The predicted molar refractivity (Wildman–Crippen MR) is 69.2 cm³/mol. The van der Waals surface area contributed by atoms with Gasteiger partial charge in [0.25, 0.3) is 0 Å². The summed E-state index contributed by atoms with van der Waals surface area (Å²) in [6.45, 7) is 8.14. The minimum absolute atomic E-state index is 0.175. The van der Waals surface area contributed by atoms with Gasteiger partial charge in [0.2, 0.25) is 0 Å². The topological polar surface area (TPSA) is 55.9 Å². The molecule has 0 aliphatic rings. The van der Waals surface area contributed by atoms with Crippen molar-refractivity contribution >= 4 is 0 Å². The standard InChI is InChI=1S/C13H20N4O/c1-8(12-9(2)16-18-11(12)4)15-10(3)13-14-6-7-17(13)5/h6-8,10,15H,1-5H3. The first-order chi connectivity index (χ1) is 8.50. The quantitative estimate of drug-likeness (QED) is 0.903. The Morgan fingerprint density at radius 3 is 2.50 bits per heavy atom. The van der Waals surface area contributed by atoms with E-state index in [9.17, 15) is 0 Å². The molecule has 0 saturated carbocycles. The highest BCUT2D eigenvalue weighted by molar-refractivity contribution is 5.24. The van der Waals surface area contributed by atoms with E-state index in [-0.39, 0.29) is 12.1 Å². The molecule has 0 bridgehead atoms. The number of aryl methyl sites for hydroxylation is 3.